The number of aliphatic carboxylic acids is 1. The molecule has 1 heterocycles. The van der Waals surface area contributed by atoms with Crippen LogP contribution in [0.4, 0.5) is 5.69 Å². The summed E-state index contributed by atoms with van der Waals surface area (Å²) in [6.07, 6.45) is 0.987. The number of carboxylic acid groups (broad SMARTS) is 1. The number of furan rings is 1. The van der Waals surface area contributed by atoms with Gasteiger partial charge in [-0.05, 0) is 22.9 Å². The number of anilines is 1. The molecule has 0 aliphatic heterocycles. The number of ether oxygens (including phenoxy) is 2. The topological polar surface area (TPSA) is 98.0 Å². The molecule has 0 bridgehead atoms. The second-order valence-corrected chi connectivity index (χ2v) is 5.78. The van der Waals surface area contributed by atoms with Gasteiger partial charge in [0.1, 0.15) is 12.2 Å². The van der Waals surface area contributed by atoms with E-state index < -0.39 is 11.9 Å². The third kappa shape index (κ3) is 3.70. The number of methoxy groups -OCH3 is 2. The molecule has 0 saturated carbocycles. The molecule has 0 spiro atoms. The fourth-order valence-corrected chi connectivity index (χ4v) is 2.63. The molecular weight excluding hydrogens is 382 g/mol. The molecular formula is C16H16BrNO6. The van der Waals surface area contributed by atoms with Crippen LogP contribution in [0, 0.1) is 6.92 Å². The molecule has 0 fully saturated rings. The summed E-state index contributed by atoms with van der Waals surface area (Å²) in [6.45, 7) is 1.67. The van der Waals surface area contributed by atoms with E-state index >= 15 is 0 Å². The van der Waals surface area contributed by atoms with E-state index in [-0.39, 0.29) is 17.7 Å². The third-order valence-electron chi connectivity index (χ3n) is 3.31. The van der Waals surface area contributed by atoms with Gasteiger partial charge in [0.05, 0.1) is 31.7 Å². The van der Waals surface area contributed by atoms with Crippen molar-refractivity contribution in [2.75, 3.05) is 19.5 Å². The van der Waals surface area contributed by atoms with Gasteiger partial charge in [-0.3, -0.25) is 9.59 Å². The van der Waals surface area contributed by atoms with Gasteiger partial charge in [0.15, 0.2) is 11.5 Å². The number of halogens is 1. The second kappa shape index (κ2) is 7.39. The van der Waals surface area contributed by atoms with E-state index in [1.807, 2.05) is 0 Å². The molecule has 2 rings (SSSR count). The second-order valence-electron chi connectivity index (χ2n) is 4.93. The Hall–Kier alpha value is -2.48. The molecule has 1 amide bonds. The fourth-order valence-electron chi connectivity index (χ4n) is 2.21. The van der Waals surface area contributed by atoms with Crippen LogP contribution >= 0.6 is 15.9 Å². The van der Waals surface area contributed by atoms with Gasteiger partial charge in [-0.15, -0.1) is 0 Å². The quantitative estimate of drug-likeness (QED) is 0.775. The Morgan fingerprint density at radius 2 is 1.88 bits per heavy atom. The summed E-state index contributed by atoms with van der Waals surface area (Å²) >= 11 is 3.35. The Morgan fingerprint density at radius 3 is 2.46 bits per heavy atom. The van der Waals surface area contributed by atoms with Crippen LogP contribution in [0.2, 0.25) is 0 Å². The maximum absolute atomic E-state index is 12.5. The van der Waals surface area contributed by atoms with Crippen molar-refractivity contribution in [1.82, 2.24) is 0 Å². The van der Waals surface area contributed by atoms with E-state index in [9.17, 15) is 9.59 Å². The van der Waals surface area contributed by atoms with Gasteiger partial charge >= 0.3 is 5.97 Å². The van der Waals surface area contributed by atoms with Crippen molar-refractivity contribution in [3.05, 3.63) is 39.8 Å². The number of nitrogens with one attached hydrogen (secondary N) is 1. The molecule has 0 radical (unpaired) electrons. The van der Waals surface area contributed by atoms with Crippen molar-refractivity contribution in [2.24, 2.45) is 0 Å². The van der Waals surface area contributed by atoms with Crippen LogP contribution < -0.4 is 14.8 Å². The van der Waals surface area contributed by atoms with Gasteiger partial charge in [-0.2, -0.15) is 0 Å². The molecule has 128 valence electrons. The molecule has 0 unspecified atom stereocenters. The highest BCUT2D eigenvalue weighted by Gasteiger charge is 2.22. The highest BCUT2D eigenvalue weighted by Crippen LogP contribution is 2.36. The van der Waals surface area contributed by atoms with Crippen LogP contribution in [0.15, 0.2) is 27.3 Å². The average molecular weight is 398 g/mol. The molecule has 7 nitrogen and oxygen atoms in total. The van der Waals surface area contributed by atoms with E-state index in [0.717, 1.165) is 0 Å². The number of hydrogen-bond donors (Lipinski definition) is 2. The minimum atomic E-state index is -1.08. The Kier molecular flexibility index (Phi) is 5.50. The summed E-state index contributed by atoms with van der Waals surface area (Å²) in [4.78, 5) is 23.4. The van der Waals surface area contributed by atoms with Crippen molar-refractivity contribution in [3.8, 4) is 11.5 Å². The monoisotopic (exact) mass is 397 g/mol. The number of rotatable bonds is 6. The lowest BCUT2D eigenvalue weighted by Crippen LogP contribution is -2.16. The summed E-state index contributed by atoms with van der Waals surface area (Å²) in [5.74, 6) is -0.482. The zero-order valence-electron chi connectivity index (χ0n) is 13.3. The number of amides is 1. The minimum absolute atomic E-state index is 0.106. The van der Waals surface area contributed by atoms with Crippen molar-refractivity contribution < 1.29 is 28.6 Å². The molecule has 0 aliphatic carbocycles. The van der Waals surface area contributed by atoms with Crippen LogP contribution in [0.3, 0.4) is 0 Å². The number of benzene rings is 1. The fraction of sp³-hybridized carbons (Fsp3) is 0.250. The molecule has 1 aromatic carbocycles. The van der Waals surface area contributed by atoms with Crippen molar-refractivity contribution in [3.63, 3.8) is 0 Å². The van der Waals surface area contributed by atoms with E-state index in [2.05, 4.69) is 21.2 Å². The maximum atomic E-state index is 12.5. The number of carbonyl (C=O) groups is 2. The van der Waals surface area contributed by atoms with Crippen LogP contribution in [-0.2, 0) is 11.2 Å². The highest BCUT2D eigenvalue weighted by molar-refractivity contribution is 9.10. The van der Waals surface area contributed by atoms with Crippen molar-refractivity contribution in [1.29, 1.82) is 0 Å². The molecule has 0 aliphatic rings. The Morgan fingerprint density at radius 1 is 1.25 bits per heavy atom. The molecule has 8 heteroatoms. The normalized spacial score (nSPS) is 10.3. The van der Waals surface area contributed by atoms with E-state index in [0.29, 0.717) is 27.2 Å². The number of carboxylic acids is 1. The smallest absolute Gasteiger partial charge is 0.311 e. The van der Waals surface area contributed by atoms with E-state index in [1.54, 1.807) is 19.1 Å². The lowest BCUT2D eigenvalue weighted by atomic mass is 10.1. The minimum Gasteiger partial charge on any atom is -0.493 e. The molecule has 1 aromatic heterocycles. The van der Waals surface area contributed by atoms with Gasteiger partial charge in [0.2, 0.25) is 0 Å². The SMILES string of the molecule is COc1cc(Br)c(NC(=O)c2c(C)coc2CC(=O)O)cc1OC. The zero-order chi connectivity index (χ0) is 17.9. The van der Waals surface area contributed by atoms with Gasteiger partial charge in [0, 0.05) is 22.2 Å². The predicted octanol–water partition coefficient (Wildman–Crippen LogP) is 3.25. The van der Waals surface area contributed by atoms with E-state index in [1.165, 1.54) is 20.5 Å². The molecule has 2 aromatic rings. The first-order valence-electron chi connectivity index (χ1n) is 6.89. The lowest BCUT2D eigenvalue weighted by Gasteiger charge is -2.13. The Labute approximate surface area is 146 Å². The summed E-state index contributed by atoms with van der Waals surface area (Å²) < 4.78 is 16.2. The molecule has 2 N–H and O–H groups in total. The summed E-state index contributed by atoms with van der Waals surface area (Å²) in [5.41, 5.74) is 1.22. The Balaban J connectivity index is 2.34. The maximum Gasteiger partial charge on any atom is 0.311 e. The summed E-state index contributed by atoms with van der Waals surface area (Å²) in [5, 5.41) is 11.6. The lowest BCUT2D eigenvalue weighted by molar-refractivity contribution is -0.136. The van der Waals surface area contributed by atoms with Gasteiger partial charge in [-0.25, -0.2) is 0 Å². The molecule has 0 saturated heterocycles. The standard InChI is InChI=1S/C16H16BrNO6/c1-8-7-24-13(6-14(19)20)15(8)16(21)18-10-5-12(23-3)11(22-2)4-9(10)17/h4-5,7H,6H2,1-3H3,(H,18,21)(H,19,20). The largest absolute Gasteiger partial charge is 0.493 e. The van der Waals surface area contributed by atoms with Crippen LogP contribution in [0.5, 0.6) is 11.5 Å². The van der Waals surface area contributed by atoms with Crippen LogP contribution in [0.25, 0.3) is 0 Å². The zero-order valence-corrected chi connectivity index (χ0v) is 14.9. The van der Waals surface area contributed by atoms with Crippen molar-refractivity contribution in [2.45, 2.75) is 13.3 Å². The highest BCUT2D eigenvalue weighted by atomic mass is 79.9. The average Bonchev–Trinajstić information content (AvgIpc) is 2.88. The first kappa shape index (κ1) is 17.9. The third-order valence-corrected chi connectivity index (χ3v) is 3.97. The van der Waals surface area contributed by atoms with Gasteiger partial charge < -0.3 is 24.3 Å². The number of hydrogen-bond acceptors (Lipinski definition) is 5. The van der Waals surface area contributed by atoms with Gasteiger partial charge in [-0.1, -0.05) is 0 Å². The van der Waals surface area contributed by atoms with Gasteiger partial charge in [0.25, 0.3) is 5.91 Å². The molecule has 24 heavy (non-hydrogen) atoms. The van der Waals surface area contributed by atoms with Crippen molar-refractivity contribution >= 4 is 33.5 Å². The predicted molar refractivity (Wildman–Crippen MR) is 90.0 cm³/mol. The van der Waals surface area contributed by atoms with Crippen LogP contribution in [-0.4, -0.2) is 31.2 Å². The van der Waals surface area contributed by atoms with E-state index in [4.69, 9.17) is 19.0 Å². The van der Waals surface area contributed by atoms with Crippen LogP contribution in [0.1, 0.15) is 21.7 Å². The number of carbonyl (C=O) groups excluding carboxylic acids is 1. The first-order chi connectivity index (χ1) is 11.4. The number of aryl methyl sites for hydroxylation is 1. The summed E-state index contributed by atoms with van der Waals surface area (Å²) in [6, 6.07) is 3.27. The molecule has 0 atom stereocenters. The first-order valence-corrected chi connectivity index (χ1v) is 7.68. The Bertz CT molecular complexity index is 783. The summed E-state index contributed by atoms with van der Waals surface area (Å²) in [7, 11) is 3.00.